The van der Waals surface area contributed by atoms with Crippen molar-refractivity contribution in [1.82, 2.24) is 15.1 Å². The smallest absolute Gasteiger partial charge is 0.258 e. The predicted molar refractivity (Wildman–Crippen MR) is 70.5 cm³/mol. The summed E-state index contributed by atoms with van der Waals surface area (Å²) in [5.41, 5.74) is 0.317. The highest BCUT2D eigenvalue weighted by molar-refractivity contribution is 5.96. The van der Waals surface area contributed by atoms with Crippen molar-refractivity contribution in [2.75, 3.05) is 13.7 Å². The molecule has 0 aliphatic carbocycles. The molecule has 0 saturated carbocycles. The number of amides is 1. The fraction of sp³-hybridized carbons (Fsp3) is 0.385. The first kappa shape index (κ1) is 14.1. The Kier molecular flexibility index (Phi) is 4.09. The molecule has 0 aliphatic heterocycles. The Morgan fingerprint density at radius 3 is 2.95 bits per heavy atom. The second-order valence-electron chi connectivity index (χ2n) is 4.40. The standard InChI is InChI=1S/C13H17N3O4/c1-8-4-5-11(20-8)10(17)6-14-12(18)9-7-16(2)15-13(9)19-3/h4-5,7,10,17H,6H2,1-3H3,(H,14,18)/t10-/m1/s1. The second-order valence-corrected chi connectivity index (χ2v) is 4.40. The summed E-state index contributed by atoms with van der Waals surface area (Å²) >= 11 is 0. The molecule has 2 aromatic rings. The fourth-order valence-electron chi connectivity index (χ4n) is 1.79. The minimum atomic E-state index is -0.893. The van der Waals surface area contributed by atoms with Crippen molar-refractivity contribution in [3.8, 4) is 5.88 Å². The summed E-state index contributed by atoms with van der Waals surface area (Å²) in [6.07, 6.45) is 0.660. The Hall–Kier alpha value is -2.28. The number of aryl methyl sites for hydroxylation is 2. The molecule has 108 valence electrons. The van der Waals surface area contributed by atoms with Crippen LogP contribution in [0.3, 0.4) is 0 Å². The molecular formula is C13H17N3O4. The third-order valence-corrected chi connectivity index (χ3v) is 2.78. The van der Waals surface area contributed by atoms with Crippen LogP contribution in [0.4, 0.5) is 0 Å². The predicted octanol–water partition coefficient (Wildman–Crippen LogP) is 0.794. The van der Waals surface area contributed by atoms with Crippen LogP contribution < -0.4 is 10.1 Å². The number of methoxy groups -OCH3 is 1. The van der Waals surface area contributed by atoms with Gasteiger partial charge in [-0.25, -0.2) is 0 Å². The van der Waals surface area contributed by atoms with E-state index in [9.17, 15) is 9.90 Å². The molecule has 0 fully saturated rings. The molecule has 0 aliphatic rings. The number of hydrogen-bond donors (Lipinski definition) is 2. The molecule has 0 aromatic carbocycles. The highest BCUT2D eigenvalue weighted by Crippen LogP contribution is 2.17. The molecule has 0 spiro atoms. The average Bonchev–Trinajstić information content (AvgIpc) is 3.01. The first-order chi connectivity index (χ1) is 9.51. The molecule has 0 radical (unpaired) electrons. The largest absolute Gasteiger partial charge is 0.479 e. The first-order valence-corrected chi connectivity index (χ1v) is 6.11. The molecule has 0 saturated heterocycles. The molecule has 7 heteroatoms. The number of ether oxygens (including phenoxy) is 1. The number of nitrogens with one attached hydrogen (secondary N) is 1. The normalized spacial score (nSPS) is 12.2. The molecule has 20 heavy (non-hydrogen) atoms. The summed E-state index contributed by atoms with van der Waals surface area (Å²) in [5, 5.41) is 16.5. The molecule has 2 rings (SSSR count). The zero-order chi connectivity index (χ0) is 14.7. The van der Waals surface area contributed by atoms with E-state index >= 15 is 0 Å². The van der Waals surface area contributed by atoms with Crippen molar-refractivity contribution < 1.29 is 19.1 Å². The van der Waals surface area contributed by atoms with Crippen LogP contribution in [0.25, 0.3) is 0 Å². The van der Waals surface area contributed by atoms with E-state index in [0.717, 1.165) is 0 Å². The van der Waals surface area contributed by atoms with Gasteiger partial charge in [-0.05, 0) is 19.1 Å². The van der Waals surface area contributed by atoms with E-state index in [1.165, 1.54) is 11.8 Å². The van der Waals surface area contributed by atoms with Crippen LogP contribution in [0.5, 0.6) is 5.88 Å². The number of hydrogen-bond acceptors (Lipinski definition) is 5. The van der Waals surface area contributed by atoms with E-state index in [4.69, 9.17) is 9.15 Å². The summed E-state index contributed by atoms with van der Waals surface area (Å²) in [6, 6.07) is 3.43. The number of aromatic nitrogens is 2. The summed E-state index contributed by atoms with van der Waals surface area (Å²) < 4.78 is 11.8. The van der Waals surface area contributed by atoms with Gasteiger partial charge in [0.2, 0.25) is 5.88 Å². The molecular weight excluding hydrogens is 262 g/mol. The quantitative estimate of drug-likeness (QED) is 0.844. The summed E-state index contributed by atoms with van der Waals surface area (Å²) in [7, 11) is 3.14. The monoisotopic (exact) mass is 279 g/mol. The Morgan fingerprint density at radius 1 is 1.60 bits per heavy atom. The fourth-order valence-corrected chi connectivity index (χ4v) is 1.79. The van der Waals surface area contributed by atoms with Gasteiger partial charge in [0, 0.05) is 13.2 Å². The molecule has 2 heterocycles. The van der Waals surface area contributed by atoms with Crippen LogP contribution >= 0.6 is 0 Å². The topological polar surface area (TPSA) is 89.5 Å². The van der Waals surface area contributed by atoms with Crippen molar-refractivity contribution >= 4 is 5.91 Å². The number of furan rings is 1. The van der Waals surface area contributed by atoms with Gasteiger partial charge in [-0.2, -0.15) is 0 Å². The van der Waals surface area contributed by atoms with Crippen LogP contribution in [0.1, 0.15) is 28.0 Å². The summed E-state index contributed by atoms with van der Waals surface area (Å²) in [5.74, 6) is 1.01. The third kappa shape index (κ3) is 3.00. The van der Waals surface area contributed by atoms with Crippen molar-refractivity contribution in [3.05, 3.63) is 35.4 Å². The molecule has 0 unspecified atom stereocenters. The maximum absolute atomic E-state index is 12.0. The lowest BCUT2D eigenvalue weighted by Crippen LogP contribution is -2.28. The Balaban J connectivity index is 1.98. The molecule has 2 aromatic heterocycles. The SMILES string of the molecule is COc1nn(C)cc1C(=O)NC[C@@H](O)c1ccc(C)o1. The lowest BCUT2D eigenvalue weighted by Gasteiger charge is -2.09. The number of rotatable bonds is 5. The first-order valence-electron chi connectivity index (χ1n) is 6.11. The van der Waals surface area contributed by atoms with E-state index in [2.05, 4.69) is 10.4 Å². The van der Waals surface area contributed by atoms with Gasteiger partial charge in [0.25, 0.3) is 5.91 Å². The number of aliphatic hydroxyl groups is 1. The Morgan fingerprint density at radius 2 is 2.35 bits per heavy atom. The van der Waals surface area contributed by atoms with Gasteiger partial charge >= 0.3 is 0 Å². The second kappa shape index (κ2) is 5.79. The molecule has 1 amide bonds. The molecule has 7 nitrogen and oxygen atoms in total. The van der Waals surface area contributed by atoms with Crippen LogP contribution in [0.15, 0.2) is 22.7 Å². The van der Waals surface area contributed by atoms with Gasteiger partial charge < -0.3 is 19.6 Å². The summed E-state index contributed by atoms with van der Waals surface area (Å²) in [4.78, 5) is 12.0. The highest BCUT2D eigenvalue weighted by Gasteiger charge is 2.18. The minimum absolute atomic E-state index is 0.0455. The van der Waals surface area contributed by atoms with Crippen LogP contribution in [-0.2, 0) is 7.05 Å². The van der Waals surface area contributed by atoms with Gasteiger partial charge in [0.05, 0.1) is 13.7 Å². The van der Waals surface area contributed by atoms with E-state index in [1.54, 1.807) is 32.3 Å². The molecule has 2 N–H and O–H groups in total. The number of carbonyl (C=O) groups is 1. The number of aliphatic hydroxyl groups excluding tert-OH is 1. The van der Waals surface area contributed by atoms with Gasteiger partial charge in [0.1, 0.15) is 23.2 Å². The van der Waals surface area contributed by atoms with E-state index in [0.29, 0.717) is 17.1 Å². The van der Waals surface area contributed by atoms with E-state index in [1.807, 2.05) is 0 Å². The zero-order valence-electron chi connectivity index (χ0n) is 11.6. The van der Waals surface area contributed by atoms with Crippen molar-refractivity contribution in [2.45, 2.75) is 13.0 Å². The number of nitrogens with zero attached hydrogens (tertiary/aromatic N) is 2. The Labute approximate surface area is 116 Å². The zero-order valence-corrected chi connectivity index (χ0v) is 11.6. The van der Waals surface area contributed by atoms with Gasteiger partial charge in [-0.3, -0.25) is 9.48 Å². The average molecular weight is 279 g/mol. The van der Waals surface area contributed by atoms with Gasteiger partial charge in [-0.1, -0.05) is 0 Å². The van der Waals surface area contributed by atoms with Crippen molar-refractivity contribution in [2.24, 2.45) is 7.05 Å². The maximum atomic E-state index is 12.0. The lowest BCUT2D eigenvalue weighted by atomic mass is 10.2. The van der Waals surface area contributed by atoms with Gasteiger partial charge in [0.15, 0.2) is 0 Å². The number of carbonyl (C=O) groups excluding carboxylic acids is 1. The van der Waals surface area contributed by atoms with Crippen molar-refractivity contribution in [3.63, 3.8) is 0 Å². The van der Waals surface area contributed by atoms with Crippen LogP contribution in [0, 0.1) is 6.92 Å². The Bertz CT molecular complexity index is 603. The third-order valence-electron chi connectivity index (χ3n) is 2.78. The van der Waals surface area contributed by atoms with Crippen LogP contribution in [-0.4, -0.2) is 34.4 Å². The van der Waals surface area contributed by atoms with E-state index in [-0.39, 0.29) is 18.3 Å². The summed E-state index contributed by atoms with van der Waals surface area (Å²) in [6.45, 7) is 1.83. The van der Waals surface area contributed by atoms with E-state index < -0.39 is 6.10 Å². The van der Waals surface area contributed by atoms with Crippen molar-refractivity contribution in [1.29, 1.82) is 0 Å². The van der Waals surface area contributed by atoms with Crippen LogP contribution in [0.2, 0.25) is 0 Å². The molecule has 1 atom stereocenters. The lowest BCUT2D eigenvalue weighted by molar-refractivity contribution is 0.0897. The maximum Gasteiger partial charge on any atom is 0.258 e. The van der Waals surface area contributed by atoms with Gasteiger partial charge in [-0.15, -0.1) is 5.10 Å². The highest BCUT2D eigenvalue weighted by atomic mass is 16.5. The molecule has 0 bridgehead atoms. The minimum Gasteiger partial charge on any atom is -0.479 e.